The monoisotopic (exact) mass is 430 g/mol. The zero-order chi connectivity index (χ0) is 22.1. The summed E-state index contributed by atoms with van der Waals surface area (Å²) in [6, 6.07) is 5.15. The lowest BCUT2D eigenvalue weighted by Gasteiger charge is -2.14. The second-order valence-corrected chi connectivity index (χ2v) is 6.62. The van der Waals surface area contributed by atoms with Gasteiger partial charge in [-0.3, -0.25) is 9.78 Å². The number of aromatic nitrogens is 3. The molecule has 5 nitrogen and oxygen atoms in total. The van der Waals surface area contributed by atoms with Crippen molar-refractivity contribution in [1.29, 1.82) is 0 Å². The third-order valence-electron chi connectivity index (χ3n) is 4.41. The maximum absolute atomic E-state index is 13.6. The second kappa shape index (κ2) is 8.33. The van der Waals surface area contributed by atoms with Gasteiger partial charge in [0.25, 0.3) is 12.7 Å². The van der Waals surface area contributed by atoms with E-state index in [-0.39, 0.29) is 11.9 Å². The van der Waals surface area contributed by atoms with Gasteiger partial charge in [-0.05, 0) is 30.7 Å². The van der Waals surface area contributed by atoms with Crippen molar-refractivity contribution in [2.75, 3.05) is 0 Å². The molecule has 1 N–H and O–H groups in total. The van der Waals surface area contributed by atoms with Gasteiger partial charge in [0.2, 0.25) is 5.91 Å². The van der Waals surface area contributed by atoms with Gasteiger partial charge in [-0.25, -0.2) is 17.9 Å². The number of hydrogen-bond donors (Lipinski definition) is 1. The van der Waals surface area contributed by atoms with Crippen molar-refractivity contribution >= 4 is 16.8 Å². The largest absolute Gasteiger partial charge is 0.416 e. The molecule has 0 bridgehead atoms. The van der Waals surface area contributed by atoms with Crippen LogP contribution in [0, 0.1) is 0 Å². The molecule has 2 aromatic heterocycles. The summed E-state index contributed by atoms with van der Waals surface area (Å²) in [5.74, 6) is -0.443. The molecular weight excluding hydrogens is 414 g/mol. The van der Waals surface area contributed by atoms with Crippen LogP contribution in [0.1, 0.15) is 36.1 Å². The Bertz CT molecular complexity index is 1030. The Kier molecular flexibility index (Phi) is 5.99. The Labute approximate surface area is 166 Å². The quantitative estimate of drug-likeness (QED) is 0.582. The molecule has 1 aromatic carbocycles. The average Bonchev–Trinajstić information content (AvgIpc) is 3.10. The number of nitrogens with zero attached hydrogens (tertiary/aromatic N) is 3. The van der Waals surface area contributed by atoms with Crippen LogP contribution in [0.5, 0.6) is 0 Å². The number of carbonyl (C=O) groups is 1. The maximum atomic E-state index is 13.6. The Balaban J connectivity index is 1.67. The van der Waals surface area contributed by atoms with Gasteiger partial charge < -0.3 is 5.32 Å². The van der Waals surface area contributed by atoms with E-state index in [2.05, 4.69) is 15.4 Å². The number of rotatable bonds is 6. The van der Waals surface area contributed by atoms with Crippen molar-refractivity contribution in [2.24, 2.45) is 0 Å². The molecule has 30 heavy (non-hydrogen) atoms. The van der Waals surface area contributed by atoms with Crippen LogP contribution in [-0.2, 0) is 17.4 Å². The van der Waals surface area contributed by atoms with Crippen LogP contribution in [-0.4, -0.2) is 27.1 Å². The number of alkyl halides is 6. The molecule has 0 saturated carbocycles. The Morgan fingerprint density at radius 3 is 2.40 bits per heavy atom. The molecule has 0 aliphatic heterocycles. The lowest BCUT2D eigenvalue weighted by Crippen LogP contribution is -2.28. The van der Waals surface area contributed by atoms with Crippen molar-refractivity contribution in [3.63, 3.8) is 0 Å². The molecule has 0 saturated heterocycles. The van der Waals surface area contributed by atoms with Gasteiger partial charge in [0.05, 0.1) is 41.6 Å². The summed E-state index contributed by atoms with van der Waals surface area (Å²) in [6.45, 7) is 1.63. The van der Waals surface area contributed by atoms with E-state index in [1.54, 1.807) is 6.92 Å². The van der Waals surface area contributed by atoms with Crippen molar-refractivity contribution in [1.82, 2.24) is 20.1 Å². The Hall–Kier alpha value is -3.11. The van der Waals surface area contributed by atoms with Gasteiger partial charge in [0.1, 0.15) is 0 Å². The molecule has 2 unspecified atom stereocenters. The number of benzene rings is 1. The highest BCUT2D eigenvalue weighted by molar-refractivity contribution is 5.80. The van der Waals surface area contributed by atoms with Crippen LogP contribution in [0.25, 0.3) is 10.9 Å². The highest BCUT2D eigenvalue weighted by atomic mass is 19.4. The normalized spacial score (nSPS) is 14.1. The molecule has 3 rings (SSSR count). The van der Waals surface area contributed by atoms with Crippen LogP contribution >= 0.6 is 0 Å². The molecule has 1 amide bonds. The third-order valence-corrected chi connectivity index (χ3v) is 4.41. The first-order chi connectivity index (χ1) is 14.1. The number of fused-ring (bicyclic) bond motifs is 1. The minimum absolute atomic E-state index is 0.0785. The zero-order valence-electron chi connectivity index (χ0n) is 15.5. The molecular formula is C19H16F6N4O. The molecule has 2 atom stereocenters. The molecule has 0 aliphatic carbocycles. The fourth-order valence-corrected chi connectivity index (χ4v) is 2.87. The Morgan fingerprint density at radius 1 is 1.13 bits per heavy atom. The van der Waals surface area contributed by atoms with Crippen LogP contribution in [0.3, 0.4) is 0 Å². The lowest BCUT2D eigenvalue weighted by molar-refractivity contribution is -0.137. The first-order valence-corrected chi connectivity index (χ1v) is 8.77. The summed E-state index contributed by atoms with van der Waals surface area (Å²) in [5.41, 5.74) is 0.0592. The van der Waals surface area contributed by atoms with E-state index in [1.807, 2.05) is 0 Å². The van der Waals surface area contributed by atoms with Crippen molar-refractivity contribution in [3.8, 4) is 0 Å². The van der Waals surface area contributed by atoms with E-state index >= 15 is 0 Å². The van der Waals surface area contributed by atoms with E-state index in [9.17, 15) is 31.1 Å². The van der Waals surface area contributed by atoms with Gasteiger partial charge in [-0.1, -0.05) is 12.1 Å². The maximum Gasteiger partial charge on any atom is 0.416 e. The fourth-order valence-electron chi connectivity index (χ4n) is 2.87. The molecule has 11 heteroatoms. The van der Waals surface area contributed by atoms with Crippen molar-refractivity contribution in [3.05, 3.63) is 59.5 Å². The number of pyridine rings is 1. The summed E-state index contributed by atoms with van der Waals surface area (Å²) in [4.78, 5) is 16.3. The van der Waals surface area contributed by atoms with Crippen molar-refractivity contribution < 1.29 is 31.1 Å². The van der Waals surface area contributed by atoms with E-state index in [1.165, 1.54) is 30.6 Å². The average molecular weight is 430 g/mol. The van der Waals surface area contributed by atoms with Gasteiger partial charge in [-0.15, -0.1) is 0 Å². The third kappa shape index (κ3) is 4.71. The number of carbonyl (C=O) groups excluding carboxylic acids is 1. The fraction of sp³-hybridized carbons (Fsp3) is 0.316. The van der Waals surface area contributed by atoms with Gasteiger partial charge in [0.15, 0.2) is 0 Å². The highest BCUT2D eigenvalue weighted by Gasteiger charge is 2.30. The number of amides is 1. The second-order valence-electron chi connectivity index (χ2n) is 6.62. The predicted octanol–water partition coefficient (Wildman–Crippen LogP) is 4.60. The summed E-state index contributed by atoms with van der Waals surface area (Å²) in [7, 11) is 0. The highest BCUT2D eigenvalue weighted by Crippen LogP contribution is 2.29. The first-order valence-electron chi connectivity index (χ1n) is 8.77. The Morgan fingerprint density at radius 2 is 1.80 bits per heavy atom. The topological polar surface area (TPSA) is 59.8 Å². The standard InChI is InChI=1S/C19H16F6N4O/c1-10(28-16(30)6-11-2-4-13(5-3-11)19(23,24)25)14-7-12-8-27-29(15(12)9-26-14)18(22)17(20)21/h2-5,7-10,17-18H,6H2,1H3,(H,28,30). The van der Waals surface area contributed by atoms with Crippen molar-refractivity contribution in [2.45, 2.75) is 38.3 Å². The van der Waals surface area contributed by atoms with E-state index in [0.29, 0.717) is 21.3 Å². The summed E-state index contributed by atoms with van der Waals surface area (Å²) >= 11 is 0. The smallest absolute Gasteiger partial charge is 0.348 e. The molecule has 0 radical (unpaired) electrons. The number of hydrogen-bond acceptors (Lipinski definition) is 3. The van der Waals surface area contributed by atoms with E-state index in [4.69, 9.17) is 0 Å². The molecule has 0 fully saturated rings. The number of nitrogens with one attached hydrogen (secondary N) is 1. The summed E-state index contributed by atoms with van der Waals surface area (Å²) in [5, 5.41) is 6.64. The zero-order valence-corrected chi connectivity index (χ0v) is 15.5. The van der Waals surface area contributed by atoms with Crippen LogP contribution in [0.15, 0.2) is 42.7 Å². The van der Waals surface area contributed by atoms with Crippen LogP contribution in [0.4, 0.5) is 26.3 Å². The molecule has 160 valence electrons. The van der Waals surface area contributed by atoms with E-state index in [0.717, 1.165) is 12.1 Å². The SMILES string of the molecule is CC(NC(=O)Cc1ccc(C(F)(F)F)cc1)c1cc2cnn(C(F)C(F)F)c2cn1. The molecule has 0 spiro atoms. The summed E-state index contributed by atoms with van der Waals surface area (Å²) < 4.78 is 77.0. The predicted molar refractivity (Wildman–Crippen MR) is 95.4 cm³/mol. The summed E-state index contributed by atoms with van der Waals surface area (Å²) in [6.07, 6.45) is -8.03. The number of halogens is 6. The van der Waals surface area contributed by atoms with E-state index < -0.39 is 36.4 Å². The van der Waals surface area contributed by atoms with Gasteiger partial charge in [0, 0.05) is 5.39 Å². The first kappa shape index (κ1) is 21.6. The van der Waals surface area contributed by atoms with Crippen LogP contribution in [0.2, 0.25) is 0 Å². The molecule has 0 aliphatic rings. The minimum atomic E-state index is -4.45. The van der Waals surface area contributed by atoms with Gasteiger partial charge >= 0.3 is 6.18 Å². The van der Waals surface area contributed by atoms with Gasteiger partial charge in [-0.2, -0.15) is 18.3 Å². The minimum Gasteiger partial charge on any atom is -0.348 e. The lowest BCUT2D eigenvalue weighted by atomic mass is 10.1. The molecule has 3 aromatic rings. The van der Waals surface area contributed by atoms with Crippen LogP contribution < -0.4 is 5.32 Å². The molecule has 2 heterocycles.